The lowest BCUT2D eigenvalue weighted by atomic mass is 10.0. The number of carbonyl (C=O) groups is 1. The van der Waals surface area contributed by atoms with Crippen LogP contribution in [0.15, 0.2) is 18.2 Å². The Bertz CT molecular complexity index is 750. The van der Waals surface area contributed by atoms with E-state index in [0.29, 0.717) is 17.8 Å². The molecule has 2 aromatic rings. The van der Waals surface area contributed by atoms with Crippen LogP contribution in [0.25, 0.3) is 0 Å². The summed E-state index contributed by atoms with van der Waals surface area (Å²) in [6.45, 7) is 3.21. The molecule has 130 valence electrons. The quantitative estimate of drug-likeness (QED) is 0.888. The van der Waals surface area contributed by atoms with Gasteiger partial charge < -0.3 is 10.2 Å². The Labute approximate surface area is 144 Å². The van der Waals surface area contributed by atoms with Crippen molar-refractivity contribution in [1.29, 1.82) is 0 Å². The van der Waals surface area contributed by atoms with Crippen LogP contribution in [0, 0.1) is 11.6 Å². The first kappa shape index (κ1) is 18.4. The van der Waals surface area contributed by atoms with Crippen LogP contribution in [0.4, 0.5) is 8.78 Å². The molecule has 5 nitrogen and oxygen atoms in total. The summed E-state index contributed by atoms with van der Waals surface area (Å²) in [5.41, 5.74) is 2.76. The van der Waals surface area contributed by atoms with Crippen LogP contribution in [0.2, 0.25) is 0 Å². The van der Waals surface area contributed by atoms with Gasteiger partial charge in [0, 0.05) is 37.8 Å². The number of halogens is 3. The average Bonchev–Trinajstić information content (AvgIpc) is 2.99. The van der Waals surface area contributed by atoms with Crippen molar-refractivity contribution < 1.29 is 13.6 Å². The molecule has 3 rings (SSSR count). The maximum absolute atomic E-state index is 13.4. The minimum atomic E-state index is -0.920. The number of rotatable bonds is 3. The highest BCUT2D eigenvalue weighted by Crippen LogP contribution is 2.24. The number of hydrogen-bond donors (Lipinski definition) is 2. The lowest BCUT2D eigenvalue weighted by molar-refractivity contribution is 0.0735. The Morgan fingerprint density at radius 1 is 1.33 bits per heavy atom. The van der Waals surface area contributed by atoms with Gasteiger partial charge in [0.2, 0.25) is 0 Å². The number of H-pyrrole nitrogens is 1. The molecule has 1 aliphatic rings. The monoisotopic (exact) mass is 356 g/mol. The van der Waals surface area contributed by atoms with Crippen molar-refractivity contribution in [2.24, 2.45) is 0 Å². The van der Waals surface area contributed by atoms with Crippen molar-refractivity contribution in [1.82, 2.24) is 20.4 Å². The first-order valence-electron chi connectivity index (χ1n) is 7.48. The zero-order valence-corrected chi connectivity index (χ0v) is 14.2. The van der Waals surface area contributed by atoms with Gasteiger partial charge in [0.1, 0.15) is 0 Å². The van der Waals surface area contributed by atoms with Crippen molar-refractivity contribution in [2.75, 3.05) is 13.6 Å². The molecular formula is C16H19ClF2N4O. The summed E-state index contributed by atoms with van der Waals surface area (Å²) in [7, 11) is 1.63. The fourth-order valence-electron chi connectivity index (χ4n) is 2.74. The third-order valence-electron chi connectivity index (χ3n) is 4.34. The lowest BCUT2D eigenvalue weighted by Gasteiger charge is -2.25. The molecule has 0 saturated carbocycles. The van der Waals surface area contributed by atoms with E-state index >= 15 is 0 Å². The van der Waals surface area contributed by atoms with Gasteiger partial charge in [-0.05, 0) is 24.6 Å². The minimum absolute atomic E-state index is 0. The number of carbonyl (C=O) groups excluding carboxylic acids is 1. The molecule has 8 heteroatoms. The Balaban J connectivity index is 0.00000208. The third kappa shape index (κ3) is 3.27. The van der Waals surface area contributed by atoms with Crippen molar-refractivity contribution in [3.05, 3.63) is 52.3 Å². The number of nitrogens with zero attached hydrogens (tertiary/aromatic N) is 2. The van der Waals surface area contributed by atoms with Gasteiger partial charge in [-0.3, -0.25) is 9.89 Å². The van der Waals surface area contributed by atoms with Crippen molar-refractivity contribution in [2.45, 2.75) is 25.9 Å². The van der Waals surface area contributed by atoms with Crippen molar-refractivity contribution in [3.8, 4) is 0 Å². The van der Waals surface area contributed by atoms with Gasteiger partial charge in [0.15, 0.2) is 17.3 Å². The van der Waals surface area contributed by atoms with Crippen LogP contribution in [0.5, 0.6) is 0 Å². The maximum Gasteiger partial charge on any atom is 0.274 e. The van der Waals surface area contributed by atoms with Gasteiger partial charge in [0.25, 0.3) is 5.91 Å². The summed E-state index contributed by atoms with van der Waals surface area (Å²) in [6, 6.07) is 3.26. The Morgan fingerprint density at radius 2 is 2.08 bits per heavy atom. The van der Waals surface area contributed by atoms with Gasteiger partial charge in [-0.1, -0.05) is 6.07 Å². The van der Waals surface area contributed by atoms with E-state index in [1.807, 2.05) is 0 Å². The number of fused-ring (bicyclic) bond motifs is 1. The Hall–Kier alpha value is -1.99. The standard InChI is InChI=1S/C16H18F2N4O.ClH/c1-9(10-3-4-12(17)13(18)7-10)22(2)16(23)15-11-8-19-6-5-14(11)20-21-15;/h3-4,7,9,19H,5-6,8H2,1-2H3,(H,20,21);1H. The Kier molecular flexibility index (Phi) is 5.56. The van der Waals surface area contributed by atoms with Crippen LogP contribution >= 0.6 is 12.4 Å². The number of aromatic amines is 1. The molecule has 1 unspecified atom stereocenters. The average molecular weight is 357 g/mol. The molecule has 1 amide bonds. The zero-order valence-electron chi connectivity index (χ0n) is 13.4. The second-order valence-electron chi connectivity index (χ2n) is 5.72. The predicted octanol–water partition coefficient (Wildman–Crippen LogP) is 2.59. The summed E-state index contributed by atoms with van der Waals surface area (Å²) in [5.74, 6) is -2.07. The number of aromatic nitrogens is 2. The van der Waals surface area contributed by atoms with Crippen LogP contribution in [-0.4, -0.2) is 34.6 Å². The number of nitrogens with one attached hydrogen (secondary N) is 2. The van der Waals surface area contributed by atoms with Crippen molar-refractivity contribution >= 4 is 18.3 Å². The van der Waals surface area contributed by atoms with E-state index in [1.165, 1.54) is 11.0 Å². The highest BCUT2D eigenvalue weighted by atomic mass is 35.5. The minimum Gasteiger partial charge on any atom is -0.334 e. The van der Waals surface area contributed by atoms with Crippen molar-refractivity contribution in [3.63, 3.8) is 0 Å². The summed E-state index contributed by atoms with van der Waals surface area (Å²) >= 11 is 0. The van der Waals surface area contributed by atoms with Crippen LogP contribution in [0.3, 0.4) is 0 Å². The van der Waals surface area contributed by atoms with E-state index in [4.69, 9.17) is 0 Å². The van der Waals surface area contributed by atoms with Crippen LogP contribution < -0.4 is 5.32 Å². The number of amides is 1. The topological polar surface area (TPSA) is 61.0 Å². The molecule has 24 heavy (non-hydrogen) atoms. The predicted molar refractivity (Wildman–Crippen MR) is 88.1 cm³/mol. The highest BCUT2D eigenvalue weighted by Gasteiger charge is 2.26. The molecule has 2 N–H and O–H groups in total. The van der Waals surface area contributed by atoms with Crippen LogP contribution in [-0.2, 0) is 13.0 Å². The van der Waals surface area contributed by atoms with E-state index in [2.05, 4.69) is 15.5 Å². The fraction of sp³-hybridized carbons (Fsp3) is 0.375. The molecule has 1 aromatic carbocycles. The summed E-state index contributed by atoms with van der Waals surface area (Å²) in [5, 5.41) is 10.3. The van der Waals surface area contributed by atoms with E-state index in [9.17, 15) is 13.6 Å². The molecule has 0 bridgehead atoms. The number of hydrogen-bond acceptors (Lipinski definition) is 3. The largest absolute Gasteiger partial charge is 0.334 e. The molecule has 1 aliphatic heterocycles. The molecule has 0 saturated heterocycles. The first-order valence-corrected chi connectivity index (χ1v) is 7.48. The lowest BCUT2D eigenvalue weighted by Crippen LogP contribution is -2.32. The molecule has 1 atom stereocenters. The van der Waals surface area contributed by atoms with Gasteiger partial charge in [0.05, 0.1) is 6.04 Å². The van der Waals surface area contributed by atoms with Gasteiger partial charge in [-0.15, -0.1) is 12.4 Å². The normalized spacial score (nSPS) is 14.5. The molecular weight excluding hydrogens is 338 g/mol. The van der Waals surface area contributed by atoms with Gasteiger partial charge >= 0.3 is 0 Å². The second-order valence-corrected chi connectivity index (χ2v) is 5.72. The highest BCUT2D eigenvalue weighted by molar-refractivity contribution is 5.94. The molecule has 2 heterocycles. The number of benzene rings is 1. The molecule has 0 spiro atoms. The summed E-state index contributed by atoms with van der Waals surface area (Å²) in [4.78, 5) is 14.2. The van der Waals surface area contributed by atoms with E-state index in [0.717, 1.165) is 36.4 Å². The second kappa shape index (κ2) is 7.27. The van der Waals surface area contributed by atoms with E-state index in [1.54, 1.807) is 14.0 Å². The maximum atomic E-state index is 13.4. The van der Waals surface area contributed by atoms with E-state index in [-0.39, 0.29) is 18.3 Å². The third-order valence-corrected chi connectivity index (χ3v) is 4.34. The molecule has 1 aromatic heterocycles. The first-order chi connectivity index (χ1) is 11.0. The zero-order chi connectivity index (χ0) is 16.6. The smallest absolute Gasteiger partial charge is 0.274 e. The van der Waals surface area contributed by atoms with Crippen LogP contribution in [0.1, 0.15) is 40.3 Å². The van der Waals surface area contributed by atoms with E-state index < -0.39 is 17.7 Å². The molecule has 0 radical (unpaired) electrons. The summed E-state index contributed by atoms with van der Waals surface area (Å²) in [6.07, 6.45) is 0.804. The van der Waals surface area contributed by atoms with Gasteiger partial charge in [-0.2, -0.15) is 5.10 Å². The molecule has 0 aliphatic carbocycles. The van der Waals surface area contributed by atoms with Gasteiger partial charge in [-0.25, -0.2) is 8.78 Å². The summed E-state index contributed by atoms with van der Waals surface area (Å²) < 4.78 is 26.5. The molecule has 0 fully saturated rings. The fourth-order valence-corrected chi connectivity index (χ4v) is 2.74. The Morgan fingerprint density at radius 3 is 2.79 bits per heavy atom. The SMILES string of the molecule is CC(c1ccc(F)c(F)c1)N(C)C(=O)c1n[nH]c2c1CNCC2.Cl.